The Labute approximate surface area is 218 Å². The lowest BCUT2D eigenvalue weighted by Gasteiger charge is -2.20. The van der Waals surface area contributed by atoms with Crippen molar-refractivity contribution in [3.05, 3.63) is 77.2 Å². The van der Waals surface area contributed by atoms with Crippen molar-refractivity contribution in [1.29, 1.82) is 0 Å². The first-order chi connectivity index (χ1) is 17.6. The largest absolute Gasteiger partial charge is 0.478 e. The molecule has 2 aromatic carbocycles. The van der Waals surface area contributed by atoms with Crippen molar-refractivity contribution in [3.63, 3.8) is 0 Å². The van der Waals surface area contributed by atoms with Gasteiger partial charge in [0.2, 0.25) is 0 Å². The van der Waals surface area contributed by atoms with Crippen LogP contribution in [0.3, 0.4) is 0 Å². The fraction of sp³-hybridized carbons (Fsp3) is 0.269. The summed E-state index contributed by atoms with van der Waals surface area (Å²) in [6, 6.07) is 12.4. The molecule has 1 aromatic heterocycles. The van der Waals surface area contributed by atoms with Crippen LogP contribution in [0.5, 0.6) is 0 Å². The summed E-state index contributed by atoms with van der Waals surface area (Å²) in [5.74, 6) is -2.76. The van der Waals surface area contributed by atoms with Crippen LogP contribution in [0.15, 0.2) is 60.8 Å². The fourth-order valence-corrected chi connectivity index (χ4v) is 4.04. The Morgan fingerprint density at radius 3 is 2.38 bits per heavy atom. The van der Waals surface area contributed by atoms with E-state index in [1.165, 1.54) is 17.7 Å². The van der Waals surface area contributed by atoms with Crippen LogP contribution in [-0.4, -0.2) is 82.3 Å². The van der Waals surface area contributed by atoms with E-state index in [2.05, 4.69) is 28.0 Å². The number of hydrogen-bond acceptors (Lipinski definition) is 4. The molecule has 1 saturated heterocycles. The van der Waals surface area contributed by atoms with Crippen molar-refractivity contribution < 1.29 is 29.0 Å². The predicted molar refractivity (Wildman–Crippen MR) is 139 cm³/mol. The highest BCUT2D eigenvalue weighted by Gasteiger charge is 2.19. The van der Waals surface area contributed by atoms with Gasteiger partial charge in [0.25, 0.3) is 0 Å². The summed E-state index contributed by atoms with van der Waals surface area (Å²) in [5.41, 5.74) is 3.16. The quantitative estimate of drug-likeness (QED) is 0.364. The monoisotopic (exact) mass is 530 g/mol. The summed E-state index contributed by atoms with van der Waals surface area (Å²) < 4.78 is 15.4. The van der Waals surface area contributed by atoms with Crippen LogP contribution >= 0.6 is 11.6 Å². The van der Waals surface area contributed by atoms with Crippen LogP contribution in [0.4, 0.5) is 9.18 Å². The average Bonchev–Trinajstić information content (AvgIpc) is 3.43. The number of carboxylic acids is 2. The van der Waals surface area contributed by atoms with E-state index in [9.17, 15) is 18.8 Å². The second-order valence-electron chi connectivity index (χ2n) is 8.44. The van der Waals surface area contributed by atoms with Gasteiger partial charge in [0.15, 0.2) is 0 Å². The molecule has 4 rings (SSSR count). The lowest BCUT2D eigenvalue weighted by atomic mass is 10.1. The maximum absolute atomic E-state index is 13.3. The summed E-state index contributed by atoms with van der Waals surface area (Å²) in [6.45, 7) is 3.92. The van der Waals surface area contributed by atoms with Crippen molar-refractivity contribution in [1.82, 2.24) is 19.7 Å². The van der Waals surface area contributed by atoms with Gasteiger partial charge < -0.3 is 29.9 Å². The number of hydrogen-bond donors (Lipinski definition) is 3. The molecule has 1 aliphatic rings. The predicted octanol–water partition coefficient (Wildman–Crippen LogP) is 3.63. The van der Waals surface area contributed by atoms with E-state index in [4.69, 9.17) is 21.8 Å². The number of benzene rings is 2. The molecule has 0 spiro atoms. The molecule has 3 aromatic rings. The smallest absolute Gasteiger partial charge is 0.328 e. The Hall–Kier alpha value is -3.89. The van der Waals surface area contributed by atoms with E-state index in [0.29, 0.717) is 17.2 Å². The van der Waals surface area contributed by atoms with Gasteiger partial charge in [-0.2, -0.15) is 0 Å². The number of aliphatic carboxylic acids is 2. The maximum Gasteiger partial charge on any atom is 0.328 e. The van der Waals surface area contributed by atoms with Gasteiger partial charge in [-0.1, -0.05) is 11.6 Å². The first-order valence-corrected chi connectivity index (χ1v) is 11.9. The third-order valence-electron chi connectivity index (χ3n) is 5.78. The number of rotatable bonds is 9. The first-order valence-electron chi connectivity index (χ1n) is 11.5. The highest BCUT2D eigenvalue weighted by molar-refractivity contribution is 6.31. The van der Waals surface area contributed by atoms with Gasteiger partial charge in [0.05, 0.1) is 5.52 Å². The minimum atomic E-state index is -1.26. The molecule has 3 N–H and O–H groups in total. The fourth-order valence-electron chi connectivity index (χ4n) is 3.87. The van der Waals surface area contributed by atoms with E-state index in [1.54, 1.807) is 12.1 Å². The molecule has 0 bridgehead atoms. The second kappa shape index (κ2) is 12.9. The number of likely N-dealkylation sites (N-methyl/N-ethyl adjacent to an activating group) is 1. The number of carbonyl (C=O) groups excluding carboxylic acids is 1. The number of aromatic nitrogens is 1. The second-order valence-corrected chi connectivity index (χ2v) is 8.88. The first kappa shape index (κ1) is 27.7. The molecule has 0 radical (unpaired) electrons. The van der Waals surface area contributed by atoms with Gasteiger partial charge in [-0.15, -0.1) is 0 Å². The molecule has 2 heterocycles. The molecule has 0 atom stereocenters. The number of fused-ring (bicyclic) bond motifs is 1. The highest BCUT2D eigenvalue weighted by Crippen LogP contribution is 2.28. The summed E-state index contributed by atoms with van der Waals surface area (Å²) in [6.07, 6.45) is 4.08. The average molecular weight is 531 g/mol. The van der Waals surface area contributed by atoms with E-state index in [-0.39, 0.29) is 11.8 Å². The van der Waals surface area contributed by atoms with Crippen molar-refractivity contribution in [2.24, 2.45) is 0 Å². The SMILES string of the molecule is CN(CCc1cn(-c2ccc(F)cc2)c2ccc(Cl)cc12)CCN1CCNC1=O.O=C(O)/C=C\C(=O)O. The number of carbonyl (C=O) groups is 3. The topological polar surface area (TPSA) is 115 Å². The number of nitrogens with zero attached hydrogens (tertiary/aromatic N) is 3. The maximum atomic E-state index is 13.3. The molecule has 1 fully saturated rings. The van der Waals surface area contributed by atoms with E-state index in [0.717, 1.165) is 55.7 Å². The highest BCUT2D eigenvalue weighted by atomic mass is 35.5. The van der Waals surface area contributed by atoms with Gasteiger partial charge >= 0.3 is 18.0 Å². The van der Waals surface area contributed by atoms with Gasteiger partial charge in [0.1, 0.15) is 5.82 Å². The molecule has 0 aliphatic carbocycles. The zero-order chi connectivity index (χ0) is 26.9. The molecule has 9 nitrogen and oxygen atoms in total. The Bertz CT molecular complexity index is 1280. The van der Waals surface area contributed by atoms with E-state index >= 15 is 0 Å². The molecular formula is C26H28ClFN4O5. The van der Waals surface area contributed by atoms with Crippen LogP contribution in [0.25, 0.3) is 16.6 Å². The lowest BCUT2D eigenvalue weighted by molar-refractivity contribution is -0.134. The molecular weight excluding hydrogens is 503 g/mol. The van der Waals surface area contributed by atoms with Crippen molar-refractivity contribution in [2.45, 2.75) is 6.42 Å². The Morgan fingerprint density at radius 2 is 1.78 bits per heavy atom. The van der Waals surface area contributed by atoms with Crippen molar-refractivity contribution in [3.8, 4) is 5.69 Å². The molecule has 37 heavy (non-hydrogen) atoms. The normalized spacial score (nSPS) is 13.2. The zero-order valence-corrected chi connectivity index (χ0v) is 21.0. The molecule has 1 aliphatic heterocycles. The number of amides is 2. The van der Waals surface area contributed by atoms with Gasteiger partial charge in [-0.05, 0) is 61.5 Å². The van der Waals surface area contributed by atoms with Crippen LogP contribution in [0.1, 0.15) is 5.56 Å². The van der Waals surface area contributed by atoms with Gasteiger partial charge in [-0.25, -0.2) is 18.8 Å². The van der Waals surface area contributed by atoms with E-state index < -0.39 is 11.9 Å². The van der Waals surface area contributed by atoms with Gasteiger partial charge in [0, 0.05) is 67.2 Å². The third-order valence-corrected chi connectivity index (χ3v) is 6.02. The number of urea groups is 1. The summed E-state index contributed by atoms with van der Waals surface area (Å²) in [4.78, 5) is 34.8. The Kier molecular flexibility index (Phi) is 9.64. The summed E-state index contributed by atoms with van der Waals surface area (Å²) in [7, 11) is 2.07. The van der Waals surface area contributed by atoms with Crippen LogP contribution < -0.4 is 5.32 Å². The number of halogens is 2. The Balaban J connectivity index is 0.000000414. The summed E-state index contributed by atoms with van der Waals surface area (Å²) >= 11 is 6.25. The van der Waals surface area contributed by atoms with Gasteiger partial charge in [-0.3, -0.25) is 0 Å². The number of nitrogens with one attached hydrogen (secondary N) is 1. The third kappa shape index (κ3) is 8.06. The minimum absolute atomic E-state index is 0.0235. The van der Waals surface area contributed by atoms with Crippen molar-refractivity contribution >= 4 is 40.5 Å². The summed E-state index contributed by atoms with van der Waals surface area (Å²) in [5, 5.41) is 20.3. The minimum Gasteiger partial charge on any atom is -0.478 e. The number of carboxylic acid groups (broad SMARTS) is 2. The van der Waals surface area contributed by atoms with E-state index in [1.807, 2.05) is 23.1 Å². The Morgan fingerprint density at radius 1 is 1.11 bits per heavy atom. The lowest BCUT2D eigenvalue weighted by Crippen LogP contribution is -2.36. The standard InChI is InChI=1S/C22H24ClFN4O.C4H4O4/c1-26(12-13-27-11-9-25-22(27)29)10-8-16-15-28(19-5-3-18(24)4-6-19)21-7-2-17(23)14-20(16)21;5-3(6)1-2-4(7)8/h2-7,14-15H,8-13H2,1H3,(H,25,29);1-2H,(H,5,6)(H,7,8)/b;2-1-. The molecule has 2 amide bonds. The molecule has 0 saturated carbocycles. The molecule has 0 unspecified atom stereocenters. The molecule has 11 heteroatoms. The molecule has 196 valence electrons. The van der Waals surface area contributed by atoms with Crippen LogP contribution in [0.2, 0.25) is 5.02 Å². The van der Waals surface area contributed by atoms with Crippen LogP contribution in [-0.2, 0) is 16.0 Å². The van der Waals surface area contributed by atoms with Crippen LogP contribution in [0, 0.1) is 5.82 Å². The zero-order valence-electron chi connectivity index (χ0n) is 20.2. The van der Waals surface area contributed by atoms with Crippen molar-refractivity contribution in [2.75, 3.05) is 39.8 Å².